The quantitative estimate of drug-likeness (QED) is 0.508. The van der Waals surface area contributed by atoms with Crippen LogP contribution in [0.4, 0.5) is 0 Å². The van der Waals surface area contributed by atoms with Gasteiger partial charge in [0.15, 0.2) is 0 Å². The molecule has 1 unspecified atom stereocenters. The molecule has 0 aliphatic heterocycles. The van der Waals surface area contributed by atoms with E-state index in [1.165, 1.54) is 0 Å². The van der Waals surface area contributed by atoms with E-state index in [0.29, 0.717) is 19.0 Å². The summed E-state index contributed by atoms with van der Waals surface area (Å²) in [6, 6.07) is 0. The molecule has 0 bridgehead atoms. The zero-order chi connectivity index (χ0) is 9.40. The van der Waals surface area contributed by atoms with E-state index >= 15 is 0 Å². The number of likely N-dealkylation sites (N-methyl/N-ethyl adjacent to an activating group) is 1. The Hall–Kier alpha value is 0.330. The van der Waals surface area contributed by atoms with Crippen molar-refractivity contribution >= 4 is 20.9 Å². The average Bonchev–Trinajstić information content (AvgIpc) is 2.00. The molecule has 4 nitrogen and oxygen atoms in total. The van der Waals surface area contributed by atoms with Crippen LogP contribution in [0.1, 0.15) is 0 Å². The molecule has 0 radical (unpaired) electrons. The summed E-state index contributed by atoms with van der Waals surface area (Å²) in [4.78, 5) is 1.95. The molecule has 6 heteroatoms. The van der Waals surface area contributed by atoms with E-state index in [-0.39, 0.29) is 0 Å². The van der Waals surface area contributed by atoms with Crippen molar-refractivity contribution < 1.29 is 13.6 Å². The highest BCUT2D eigenvalue weighted by Gasteiger charge is 2.18. The highest BCUT2D eigenvalue weighted by molar-refractivity contribution is 7.80. The Kier molecular flexibility index (Phi) is 8.17. The standard InChI is InChI=1S/C6H14NO3PS/c1-7(2)3-4-9-11(8)10-5-6-12/h3-6H2,1-2H3/p+1. The van der Waals surface area contributed by atoms with Crippen LogP contribution in [0.2, 0.25) is 0 Å². The first kappa shape index (κ1) is 12.3. The van der Waals surface area contributed by atoms with Gasteiger partial charge in [-0.05, 0) is 14.1 Å². The van der Waals surface area contributed by atoms with Crippen LogP contribution in [0, 0.1) is 0 Å². The fraction of sp³-hybridized carbons (Fsp3) is 1.00. The summed E-state index contributed by atoms with van der Waals surface area (Å²) in [6.07, 6.45) is 0. The zero-order valence-corrected chi connectivity index (χ0v) is 9.18. The largest absolute Gasteiger partial charge is 0.697 e. The normalized spacial score (nSPS) is 12.2. The summed E-state index contributed by atoms with van der Waals surface area (Å²) >= 11 is 3.90. The summed E-state index contributed by atoms with van der Waals surface area (Å²) in [5.41, 5.74) is 0. The molecule has 0 aromatic rings. The van der Waals surface area contributed by atoms with Crippen LogP contribution in [0.15, 0.2) is 0 Å². The van der Waals surface area contributed by atoms with E-state index in [0.717, 1.165) is 6.54 Å². The lowest BCUT2D eigenvalue weighted by Crippen LogP contribution is -2.16. The molecule has 0 aromatic heterocycles. The van der Waals surface area contributed by atoms with Gasteiger partial charge in [0, 0.05) is 16.9 Å². The van der Waals surface area contributed by atoms with E-state index in [9.17, 15) is 4.57 Å². The van der Waals surface area contributed by atoms with Crippen molar-refractivity contribution in [1.29, 1.82) is 0 Å². The van der Waals surface area contributed by atoms with Gasteiger partial charge in [0.05, 0.1) is 0 Å². The van der Waals surface area contributed by atoms with Crippen LogP contribution in [-0.4, -0.2) is 44.5 Å². The lowest BCUT2D eigenvalue weighted by Gasteiger charge is -2.04. The van der Waals surface area contributed by atoms with E-state index < -0.39 is 8.25 Å². The smallest absolute Gasteiger partial charge is 0.307 e. The van der Waals surface area contributed by atoms with Crippen molar-refractivity contribution in [1.82, 2.24) is 4.90 Å². The SMILES string of the molecule is CN(C)CCO[P+](=O)OCCS. The van der Waals surface area contributed by atoms with Gasteiger partial charge < -0.3 is 4.90 Å². The fourth-order valence-electron chi connectivity index (χ4n) is 0.451. The van der Waals surface area contributed by atoms with Gasteiger partial charge in [0.25, 0.3) is 0 Å². The fourth-order valence-corrected chi connectivity index (χ4v) is 1.23. The maximum atomic E-state index is 10.8. The zero-order valence-electron chi connectivity index (χ0n) is 7.39. The van der Waals surface area contributed by atoms with Gasteiger partial charge in [-0.3, -0.25) is 0 Å². The molecular formula is C6H15NO3PS+. The Labute approximate surface area is 79.6 Å². The van der Waals surface area contributed by atoms with Gasteiger partial charge in [0.2, 0.25) is 0 Å². The molecule has 0 spiro atoms. The Morgan fingerprint density at radius 2 is 1.92 bits per heavy atom. The molecule has 0 aliphatic rings. The lowest BCUT2D eigenvalue weighted by atomic mass is 10.6. The van der Waals surface area contributed by atoms with Gasteiger partial charge in [0.1, 0.15) is 13.2 Å². The third kappa shape index (κ3) is 8.43. The summed E-state index contributed by atoms with van der Waals surface area (Å²) in [5.74, 6) is 0.554. The first-order valence-corrected chi connectivity index (χ1v) is 5.38. The van der Waals surface area contributed by atoms with Gasteiger partial charge in [-0.1, -0.05) is 0 Å². The Balaban J connectivity index is 3.20. The van der Waals surface area contributed by atoms with Gasteiger partial charge in [-0.15, -0.1) is 9.05 Å². The van der Waals surface area contributed by atoms with Crippen molar-refractivity contribution in [3.63, 3.8) is 0 Å². The topological polar surface area (TPSA) is 38.8 Å². The second-order valence-corrected chi connectivity index (χ2v) is 3.83. The maximum absolute atomic E-state index is 10.8. The highest BCUT2D eigenvalue weighted by Crippen LogP contribution is 2.22. The minimum atomic E-state index is -1.94. The van der Waals surface area contributed by atoms with Crippen LogP contribution >= 0.6 is 20.9 Å². The summed E-state index contributed by atoms with van der Waals surface area (Å²) in [5, 5.41) is 0. The molecule has 0 fully saturated rings. The molecule has 0 saturated heterocycles. The second kappa shape index (κ2) is 7.95. The summed E-state index contributed by atoms with van der Waals surface area (Å²) in [7, 11) is 1.90. The first-order chi connectivity index (χ1) is 5.66. The van der Waals surface area contributed by atoms with Crippen LogP contribution in [0.3, 0.4) is 0 Å². The van der Waals surface area contributed by atoms with Crippen LogP contribution in [0.25, 0.3) is 0 Å². The first-order valence-electron chi connectivity index (χ1n) is 3.65. The number of hydrogen-bond donors (Lipinski definition) is 1. The van der Waals surface area contributed by atoms with Crippen molar-refractivity contribution in [2.45, 2.75) is 0 Å². The minimum Gasteiger partial charge on any atom is -0.307 e. The van der Waals surface area contributed by atoms with E-state index in [1.54, 1.807) is 0 Å². The molecule has 1 atom stereocenters. The molecule has 72 valence electrons. The van der Waals surface area contributed by atoms with E-state index in [4.69, 9.17) is 9.05 Å². The maximum Gasteiger partial charge on any atom is 0.697 e. The van der Waals surface area contributed by atoms with Crippen LogP contribution < -0.4 is 0 Å². The highest BCUT2D eigenvalue weighted by atomic mass is 32.1. The second-order valence-electron chi connectivity index (χ2n) is 2.42. The van der Waals surface area contributed by atoms with Crippen molar-refractivity contribution in [2.24, 2.45) is 0 Å². The predicted molar refractivity (Wildman–Crippen MR) is 51.9 cm³/mol. The van der Waals surface area contributed by atoms with Crippen molar-refractivity contribution in [3.8, 4) is 0 Å². The van der Waals surface area contributed by atoms with Gasteiger partial charge in [-0.25, -0.2) is 0 Å². The number of hydrogen-bond acceptors (Lipinski definition) is 5. The van der Waals surface area contributed by atoms with E-state index in [1.807, 2.05) is 19.0 Å². The molecule has 12 heavy (non-hydrogen) atoms. The Morgan fingerprint density at radius 3 is 2.42 bits per heavy atom. The van der Waals surface area contributed by atoms with E-state index in [2.05, 4.69) is 12.6 Å². The Bertz CT molecular complexity index is 134. The molecular weight excluding hydrogens is 197 g/mol. The van der Waals surface area contributed by atoms with Crippen molar-refractivity contribution in [3.05, 3.63) is 0 Å². The van der Waals surface area contributed by atoms with Crippen LogP contribution in [-0.2, 0) is 13.6 Å². The lowest BCUT2D eigenvalue weighted by molar-refractivity contribution is 0.214. The third-order valence-corrected chi connectivity index (χ3v) is 1.99. The summed E-state index contributed by atoms with van der Waals surface area (Å²) < 4.78 is 20.5. The molecule has 0 saturated carbocycles. The van der Waals surface area contributed by atoms with Crippen LogP contribution in [0.5, 0.6) is 0 Å². The molecule has 0 aromatic carbocycles. The average molecular weight is 212 g/mol. The van der Waals surface area contributed by atoms with Gasteiger partial charge >= 0.3 is 8.25 Å². The molecule has 0 amide bonds. The minimum absolute atomic E-state index is 0.361. The number of nitrogens with zero attached hydrogens (tertiary/aromatic N) is 1. The third-order valence-electron chi connectivity index (χ3n) is 1.02. The molecule has 0 aliphatic carbocycles. The molecule has 0 heterocycles. The predicted octanol–water partition coefficient (Wildman–Crippen LogP) is 1.17. The molecule has 0 N–H and O–H groups in total. The monoisotopic (exact) mass is 212 g/mol. The number of rotatable bonds is 7. The number of thiol groups is 1. The van der Waals surface area contributed by atoms with Crippen molar-refractivity contribution in [2.75, 3.05) is 39.6 Å². The summed E-state index contributed by atoms with van der Waals surface area (Å²) in [6.45, 7) is 1.53. The Morgan fingerprint density at radius 1 is 1.33 bits per heavy atom. The molecule has 0 rings (SSSR count). The van der Waals surface area contributed by atoms with Gasteiger partial charge in [-0.2, -0.15) is 12.6 Å².